The Morgan fingerprint density at radius 2 is 1.92 bits per heavy atom. The molecule has 2 aliphatic heterocycles. The fraction of sp³-hybridized carbons (Fsp3) is 0.241. The lowest BCUT2D eigenvalue weighted by molar-refractivity contribution is -0.895. The Bertz CT molecular complexity index is 1520. The zero-order chi connectivity index (χ0) is 25.5. The summed E-state index contributed by atoms with van der Waals surface area (Å²) in [6.07, 6.45) is 0.505. The summed E-state index contributed by atoms with van der Waals surface area (Å²) in [4.78, 5) is 29.0. The minimum absolute atomic E-state index is 0.0553. The number of fused-ring (bicyclic) bond motifs is 4. The van der Waals surface area contributed by atoms with Gasteiger partial charge in [-0.2, -0.15) is 0 Å². The van der Waals surface area contributed by atoms with Crippen LogP contribution in [0.3, 0.4) is 0 Å². The first kappa shape index (κ1) is 23.5. The summed E-state index contributed by atoms with van der Waals surface area (Å²) in [5.41, 5.74) is 3.28. The Morgan fingerprint density at radius 1 is 1.08 bits per heavy atom. The van der Waals surface area contributed by atoms with Gasteiger partial charge in [0.1, 0.15) is 17.7 Å². The molecule has 3 heterocycles. The largest absolute Gasteiger partial charge is 0.490 e. The fourth-order valence-corrected chi connectivity index (χ4v) is 6.50. The van der Waals surface area contributed by atoms with Crippen LogP contribution in [-0.4, -0.2) is 32.1 Å². The van der Waals surface area contributed by atoms with Crippen molar-refractivity contribution in [2.75, 3.05) is 25.5 Å². The monoisotopic (exact) mass is 514 g/mol. The highest BCUT2D eigenvalue weighted by Gasteiger charge is 2.34. The summed E-state index contributed by atoms with van der Waals surface area (Å²) in [5.74, 6) is 0.283. The second-order valence-corrected chi connectivity index (χ2v) is 10.6. The molecule has 0 saturated carbocycles. The van der Waals surface area contributed by atoms with E-state index in [0.717, 1.165) is 46.4 Å². The number of carbonyl (C=O) groups excluding carboxylic acids is 2. The molecule has 1 amide bonds. The first-order valence-corrected chi connectivity index (χ1v) is 13.3. The highest BCUT2D eigenvalue weighted by molar-refractivity contribution is 7.16. The maximum absolute atomic E-state index is 13.1. The van der Waals surface area contributed by atoms with E-state index in [0.29, 0.717) is 23.7 Å². The Hall–Kier alpha value is -3.88. The molecule has 7 nitrogen and oxygen atoms in total. The molecule has 2 aliphatic rings. The number of nitrogens with one attached hydrogen (secondary N) is 3. The summed E-state index contributed by atoms with van der Waals surface area (Å²) in [7, 11) is 2.18. The van der Waals surface area contributed by atoms with Gasteiger partial charge < -0.3 is 25.0 Å². The van der Waals surface area contributed by atoms with Gasteiger partial charge in [0, 0.05) is 6.42 Å². The number of carbonyl (C=O) groups is 2. The molecule has 3 N–H and O–H groups in total. The van der Waals surface area contributed by atoms with E-state index < -0.39 is 12.1 Å². The number of hydrogen-bond donors (Lipinski definition) is 3. The van der Waals surface area contributed by atoms with E-state index in [2.05, 4.69) is 17.7 Å². The van der Waals surface area contributed by atoms with E-state index in [1.807, 2.05) is 55.5 Å². The topological polar surface area (TPSA) is 81.1 Å². The summed E-state index contributed by atoms with van der Waals surface area (Å²) >= 11 is 1.67. The predicted octanol–water partition coefficient (Wildman–Crippen LogP) is 3.94. The van der Waals surface area contributed by atoms with Crippen molar-refractivity contribution < 1.29 is 24.0 Å². The molecule has 4 aromatic rings. The van der Waals surface area contributed by atoms with Crippen LogP contribution in [0.25, 0.3) is 10.8 Å². The first-order chi connectivity index (χ1) is 18.0. The number of anilines is 1. The van der Waals surface area contributed by atoms with E-state index >= 15 is 0 Å². The zero-order valence-electron chi connectivity index (χ0n) is 20.7. The van der Waals surface area contributed by atoms with Crippen LogP contribution in [-0.2, 0) is 13.0 Å². The van der Waals surface area contributed by atoms with Crippen molar-refractivity contribution in [3.8, 4) is 11.5 Å². The lowest BCUT2D eigenvalue weighted by Crippen LogP contribution is -3.08. The molecule has 0 aliphatic carbocycles. The number of benzene rings is 3. The molecule has 0 spiro atoms. The molecule has 8 heteroatoms. The van der Waals surface area contributed by atoms with E-state index in [1.165, 1.54) is 15.3 Å². The van der Waals surface area contributed by atoms with E-state index in [-0.39, 0.29) is 5.91 Å². The van der Waals surface area contributed by atoms with Gasteiger partial charge in [-0.3, -0.25) is 4.79 Å². The van der Waals surface area contributed by atoms with Crippen LogP contribution in [0.5, 0.6) is 11.5 Å². The van der Waals surface area contributed by atoms with E-state index in [4.69, 9.17) is 9.47 Å². The summed E-state index contributed by atoms with van der Waals surface area (Å²) in [6.45, 7) is 4.26. The van der Waals surface area contributed by atoms with Crippen molar-refractivity contribution in [1.82, 2.24) is 5.32 Å². The van der Waals surface area contributed by atoms with Gasteiger partial charge in [0.05, 0.1) is 36.2 Å². The number of ether oxygens (including phenoxy) is 2. The number of rotatable bonds is 5. The minimum atomic E-state index is -0.449. The second-order valence-electron chi connectivity index (χ2n) is 9.45. The van der Waals surface area contributed by atoms with Crippen LogP contribution in [0.4, 0.5) is 5.00 Å². The van der Waals surface area contributed by atoms with Gasteiger partial charge in [0.15, 0.2) is 11.5 Å². The number of esters is 1. The Labute approximate surface area is 219 Å². The van der Waals surface area contributed by atoms with Gasteiger partial charge in [-0.25, -0.2) is 4.79 Å². The third-order valence-corrected chi connectivity index (χ3v) is 8.11. The van der Waals surface area contributed by atoms with Crippen LogP contribution in [0.15, 0.2) is 60.7 Å². The van der Waals surface area contributed by atoms with Crippen LogP contribution in [0.1, 0.15) is 49.8 Å². The van der Waals surface area contributed by atoms with Crippen LogP contribution >= 0.6 is 11.3 Å². The number of hydrogen-bond acceptors (Lipinski definition) is 6. The molecule has 3 aromatic carbocycles. The minimum Gasteiger partial charge on any atom is -0.490 e. The highest BCUT2D eigenvalue weighted by Crippen LogP contribution is 2.40. The molecule has 188 valence electrons. The predicted molar refractivity (Wildman–Crippen MR) is 144 cm³/mol. The van der Waals surface area contributed by atoms with Gasteiger partial charge >= 0.3 is 5.97 Å². The van der Waals surface area contributed by atoms with Gasteiger partial charge in [-0.05, 0) is 47.0 Å². The number of likely N-dealkylation sites (N-methyl/N-ethyl adjacent to an activating group) is 1. The van der Waals surface area contributed by atoms with Crippen molar-refractivity contribution in [2.45, 2.75) is 26.1 Å². The smallest absolute Gasteiger partial charge is 0.344 e. The van der Waals surface area contributed by atoms with Crippen LogP contribution in [0.2, 0.25) is 0 Å². The van der Waals surface area contributed by atoms with Crippen LogP contribution in [0, 0.1) is 0 Å². The number of thiophene rings is 1. The second kappa shape index (κ2) is 9.53. The Balaban J connectivity index is 1.27. The number of amides is 1. The lowest BCUT2D eigenvalue weighted by atomic mass is 10.0. The Kier molecular flexibility index (Phi) is 6.06. The summed E-state index contributed by atoms with van der Waals surface area (Å²) in [5, 5.41) is 9.32. The summed E-state index contributed by atoms with van der Waals surface area (Å²) in [6, 6.07) is 18.7. The molecule has 0 bridgehead atoms. The van der Waals surface area contributed by atoms with Crippen molar-refractivity contribution in [1.29, 1.82) is 0 Å². The van der Waals surface area contributed by atoms with Crippen molar-refractivity contribution >= 4 is 39.0 Å². The molecular weight excluding hydrogens is 486 g/mol. The average molecular weight is 515 g/mol. The zero-order valence-corrected chi connectivity index (χ0v) is 21.5. The molecule has 0 saturated heterocycles. The van der Waals surface area contributed by atoms with Crippen molar-refractivity contribution in [3.63, 3.8) is 0 Å². The molecule has 6 rings (SSSR count). The molecule has 0 radical (unpaired) electrons. The molecule has 37 heavy (non-hydrogen) atoms. The van der Waals surface area contributed by atoms with E-state index in [1.54, 1.807) is 23.5 Å². The fourth-order valence-electron chi connectivity index (χ4n) is 5.11. The normalized spacial score (nSPS) is 18.4. The van der Waals surface area contributed by atoms with Crippen LogP contribution < -0.4 is 25.0 Å². The van der Waals surface area contributed by atoms with E-state index in [9.17, 15) is 9.59 Å². The lowest BCUT2D eigenvalue weighted by Gasteiger charge is -2.27. The molecule has 1 unspecified atom stereocenters. The Morgan fingerprint density at radius 3 is 2.78 bits per heavy atom. The maximum Gasteiger partial charge on any atom is 0.344 e. The average Bonchev–Trinajstić information content (AvgIpc) is 3.27. The summed E-state index contributed by atoms with van der Waals surface area (Å²) < 4.78 is 11.7. The van der Waals surface area contributed by atoms with Gasteiger partial charge in [0.25, 0.3) is 5.91 Å². The van der Waals surface area contributed by atoms with Gasteiger partial charge in [-0.1, -0.05) is 42.5 Å². The first-order valence-electron chi connectivity index (χ1n) is 12.5. The quantitative estimate of drug-likeness (QED) is 0.278. The molecular formula is C29H28N3O4S+. The maximum atomic E-state index is 13.1. The standard InChI is InChI=1S/C29H27N3O4S/c1-3-35-23-15-18(26-30-27(33)25-21-13-14-32(2)16-24(21)37-28(25)31-26)11-12-22(23)36-29(34)20-10-6-8-17-7-4-5-9-19(17)20/h4-12,15,26,31H,3,13-14,16H2,1-2H3,(H,30,33)/p+1/t26-/m0/s1. The SMILES string of the molecule is CCOc1cc([C@H]2NC(=O)c3c(sc4c3CC[NH+](C)C4)N2)ccc1OC(=O)c1cccc2ccccc12. The third kappa shape index (κ3) is 4.32. The third-order valence-electron chi connectivity index (χ3n) is 6.95. The molecule has 0 fully saturated rings. The van der Waals surface area contributed by atoms with Crippen molar-refractivity contribution in [2.24, 2.45) is 0 Å². The number of quaternary nitrogens is 1. The van der Waals surface area contributed by atoms with Gasteiger partial charge in [0.2, 0.25) is 0 Å². The van der Waals surface area contributed by atoms with Crippen molar-refractivity contribution in [3.05, 3.63) is 87.8 Å². The van der Waals surface area contributed by atoms with Gasteiger partial charge in [-0.15, -0.1) is 11.3 Å². The molecule has 1 aromatic heterocycles. The highest BCUT2D eigenvalue weighted by atomic mass is 32.1. The molecule has 2 atom stereocenters.